The first-order valence-electron chi connectivity index (χ1n) is 7.60. The van der Waals surface area contributed by atoms with Crippen molar-refractivity contribution in [2.75, 3.05) is 13.1 Å². The third-order valence-corrected chi connectivity index (χ3v) is 4.81. The van der Waals surface area contributed by atoms with E-state index in [0.717, 1.165) is 25.9 Å². The molecule has 0 aromatic rings. The molecule has 1 rings (SSSR count). The molecule has 0 bridgehead atoms. The second-order valence-corrected chi connectivity index (χ2v) is 6.71. The SMILES string of the molecule is CCC(=O)CC1CCN(C(=O)C(C)(C)C(C)C)CC1. The van der Waals surface area contributed by atoms with Crippen LogP contribution in [0.4, 0.5) is 0 Å². The van der Waals surface area contributed by atoms with Crippen LogP contribution in [0.25, 0.3) is 0 Å². The molecule has 0 spiro atoms. The summed E-state index contributed by atoms with van der Waals surface area (Å²) in [5, 5.41) is 0. The lowest BCUT2D eigenvalue weighted by molar-refractivity contribution is -0.144. The van der Waals surface area contributed by atoms with Gasteiger partial charge in [-0.3, -0.25) is 9.59 Å². The molecule has 0 atom stereocenters. The number of hydrogen-bond donors (Lipinski definition) is 0. The second-order valence-electron chi connectivity index (χ2n) is 6.71. The van der Waals surface area contributed by atoms with Crippen LogP contribution < -0.4 is 0 Å². The van der Waals surface area contributed by atoms with E-state index in [2.05, 4.69) is 13.8 Å². The summed E-state index contributed by atoms with van der Waals surface area (Å²) in [6.07, 6.45) is 3.29. The van der Waals surface area contributed by atoms with Gasteiger partial charge in [0.25, 0.3) is 0 Å². The van der Waals surface area contributed by atoms with Crippen LogP contribution in [0.5, 0.6) is 0 Å². The van der Waals surface area contributed by atoms with E-state index in [1.807, 2.05) is 25.7 Å². The molecule has 1 saturated heterocycles. The molecular formula is C16H29NO2. The van der Waals surface area contributed by atoms with Crippen molar-refractivity contribution in [1.29, 1.82) is 0 Å². The zero-order valence-electron chi connectivity index (χ0n) is 13.2. The molecule has 1 heterocycles. The highest BCUT2D eigenvalue weighted by atomic mass is 16.2. The summed E-state index contributed by atoms with van der Waals surface area (Å²) in [4.78, 5) is 26.0. The quantitative estimate of drug-likeness (QED) is 0.766. The van der Waals surface area contributed by atoms with Crippen molar-refractivity contribution < 1.29 is 9.59 Å². The maximum absolute atomic E-state index is 12.5. The van der Waals surface area contributed by atoms with E-state index < -0.39 is 0 Å². The molecule has 3 nitrogen and oxygen atoms in total. The molecule has 0 aromatic heterocycles. The van der Waals surface area contributed by atoms with Crippen molar-refractivity contribution in [3.63, 3.8) is 0 Å². The van der Waals surface area contributed by atoms with Gasteiger partial charge in [0.15, 0.2) is 0 Å². The van der Waals surface area contributed by atoms with Gasteiger partial charge in [0.05, 0.1) is 0 Å². The van der Waals surface area contributed by atoms with Gasteiger partial charge in [0.2, 0.25) is 5.91 Å². The molecule has 0 unspecified atom stereocenters. The minimum absolute atomic E-state index is 0.266. The summed E-state index contributed by atoms with van der Waals surface area (Å²) >= 11 is 0. The van der Waals surface area contributed by atoms with Gasteiger partial charge < -0.3 is 4.90 Å². The van der Waals surface area contributed by atoms with E-state index in [-0.39, 0.29) is 11.3 Å². The van der Waals surface area contributed by atoms with Crippen LogP contribution in [0.15, 0.2) is 0 Å². The van der Waals surface area contributed by atoms with Crippen LogP contribution in [-0.2, 0) is 9.59 Å². The Labute approximate surface area is 117 Å². The minimum atomic E-state index is -0.286. The molecule has 0 aliphatic carbocycles. The molecule has 0 aromatic carbocycles. The van der Waals surface area contributed by atoms with Crippen LogP contribution in [-0.4, -0.2) is 29.7 Å². The second kappa shape index (κ2) is 6.53. The lowest BCUT2D eigenvalue weighted by Gasteiger charge is -2.38. The molecule has 0 saturated carbocycles. The molecule has 19 heavy (non-hydrogen) atoms. The predicted molar refractivity (Wildman–Crippen MR) is 77.8 cm³/mol. The Morgan fingerprint density at radius 1 is 1.21 bits per heavy atom. The monoisotopic (exact) mass is 267 g/mol. The van der Waals surface area contributed by atoms with Crippen molar-refractivity contribution in [2.45, 2.75) is 60.3 Å². The summed E-state index contributed by atoms with van der Waals surface area (Å²) in [5.74, 6) is 1.45. The maximum atomic E-state index is 12.5. The van der Waals surface area contributed by atoms with Crippen LogP contribution in [0.3, 0.4) is 0 Å². The van der Waals surface area contributed by atoms with Crippen LogP contribution in [0.1, 0.15) is 60.3 Å². The van der Waals surface area contributed by atoms with Gasteiger partial charge in [-0.2, -0.15) is 0 Å². The fraction of sp³-hybridized carbons (Fsp3) is 0.875. The highest BCUT2D eigenvalue weighted by molar-refractivity contribution is 5.82. The minimum Gasteiger partial charge on any atom is -0.342 e. The van der Waals surface area contributed by atoms with E-state index in [4.69, 9.17) is 0 Å². The largest absolute Gasteiger partial charge is 0.342 e. The Balaban J connectivity index is 2.50. The Bertz CT molecular complexity index is 326. The van der Waals surface area contributed by atoms with E-state index in [1.54, 1.807) is 0 Å². The maximum Gasteiger partial charge on any atom is 0.228 e. The number of carbonyl (C=O) groups excluding carboxylic acids is 2. The Hall–Kier alpha value is -0.860. The fourth-order valence-corrected chi connectivity index (χ4v) is 2.46. The first kappa shape index (κ1) is 16.2. The van der Waals surface area contributed by atoms with E-state index in [9.17, 15) is 9.59 Å². The summed E-state index contributed by atoms with van der Waals surface area (Å²) in [6, 6.07) is 0. The van der Waals surface area contributed by atoms with Crippen molar-refractivity contribution >= 4 is 11.7 Å². The molecule has 0 radical (unpaired) electrons. The first-order chi connectivity index (χ1) is 8.78. The number of ketones is 1. The Kier molecular flexibility index (Phi) is 5.57. The van der Waals surface area contributed by atoms with Crippen LogP contribution >= 0.6 is 0 Å². The molecular weight excluding hydrogens is 238 g/mol. The number of nitrogens with zero attached hydrogens (tertiary/aromatic N) is 1. The number of piperidine rings is 1. The van der Waals surface area contributed by atoms with Gasteiger partial charge in [-0.05, 0) is 24.7 Å². The summed E-state index contributed by atoms with van der Waals surface area (Å²) in [5.41, 5.74) is -0.286. The molecule has 1 fully saturated rings. The smallest absolute Gasteiger partial charge is 0.228 e. The van der Waals surface area contributed by atoms with Crippen LogP contribution in [0.2, 0.25) is 0 Å². The fourth-order valence-electron chi connectivity index (χ4n) is 2.46. The third-order valence-electron chi connectivity index (χ3n) is 4.81. The highest BCUT2D eigenvalue weighted by Gasteiger charge is 2.36. The average Bonchev–Trinajstić information content (AvgIpc) is 2.38. The Morgan fingerprint density at radius 2 is 1.74 bits per heavy atom. The van der Waals surface area contributed by atoms with E-state index >= 15 is 0 Å². The van der Waals surface area contributed by atoms with Crippen molar-refractivity contribution in [1.82, 2.24) is 4.90 Å². The van der Waals surface area contributed by atoms with Crippen LogP contribution in [0, 0.1) is 17.3 Å². The number of carbonyl (C=O) groups is 2. The van der Waals surface area contributed by atoms with Crippen molar-refractivity contribution in [2.24, 2.45) is 17.3 Å². The third kappa shape index (κ3) is 4.05. The summed E-state index contributed by atoms with van der Waals surface area (Å²) in [6.45, 7) is 11.8. The number of Topliss-reactive ketones (excluding diaryl/α,β-unsaturated/α-hetero) is 1. The normalized spacial score (nSPS) is 17.9. The Morgan fingerprint density at radius 3 is 2.16 bits per heavy atom. The van der Waals surface area contributed by atoms with Gasteiger partial charge in [-0.15, -0.1) is 0 Å². The zero-order valence-corrected chi connectivity index (χ0v) is 13.2. The van der Waals surface area contributed by atoms with Gasteiger partial charge in [-0.1, -0.05) is 34.6 Å². The van der Waals surface area contributed by atoms with Crippen molar-refractivity contribution in [3.8, 4) is 0 Å². The number of hydrogen-bond acceptors (Lipinski definition) is 2. The molecule has 1 amide bonds. The summed E-state index contributed by atoms with van der Waals surface area (Å²) < 4.78 is 0. The lowest BCUT2D eigenvalue weighted by atomic mass is 9.79. The molecule has 110 valence electrons. The zero-order chi connectivity index (χ0) is 14.6. The number of rotatable bonds is 5. The molecule has 1 aliphatic heterocycles. The van der Waals surface area contributed by atoms with Gasteiger partial charge >= 0.3 is 0 Å². The highest BCUT2D eigenvalue weighted by Crippen LogP contribution is 2.31. The van der Waals surface area contributed by atoms with Crippen molar-refractivity contribution in [3.05, 3.63) is 0 Å². The van der Waals surface area contributed by atoms with Gasteiger partial charge in [0, 0.05) is 31.3 Å². The number of likely N-dealkylation sites (tertiary alicyclic amines) is 1. The topological polar surface area (TPSA) is 37.4 Å². The average molecular weight is 267 g/mol. The lowest BCUT2D eigenvalue weighted by Crippen LogP contribution is -2.47. The summed E-state index contributed by atoms with van der Waals surface area (Å²) in [7, 11) is 0. The molecule has 3 heteroatoms. The molecule has 1 aliphatic rings. The standard InChI is InChI=1S/C16H29NO2/c1-6-14(18)11-13-7-9-17(10-8-13)15(19)16(4,5)12(2)3/h12-13H,6-11H2,1-5H3. The molecule has 0 N–H and O–H groups in total. The first-order valence-corrected chi connectivity index (χ1v) is 7.60. The predicted octanol–water partition coefficient (Wildman–Crippen LogP) is 3.28. The van der Waals surface area contributed by atoms with E-state index in [0.29, 0.717) is 30.5 Å². The number of amides is 1. The van der Waals surface area contributed by atoms with E-state index in [1.165, 1.54) is 0 Å². The van der Waals surface area contributed by atoms with Gasteiger partial charge in [0.1, 0.15) is 5.78 Å². The van der Waals surface area contributed by atoms with Gasteiger partial charge in [-0.25, -0.2) is 0 Å².